The molecule has 0 fully saturated rings. The first kappa shape index (κ1) is 16.1. The fraction of sp³-hybridized carbons (Fsp3) is 0.444. The van der Waals surface area contributed by atoms with Gasteiger partial charge < -0.3 is 10.2 Å². The minimum Gasteiger partial charge on any atom is -0.367 e. The van der Waals surface area contributed by atoms with Crippen LogP contribution in [0.1, 0.15) is 36.1 Å². The summed E-state index contributed by atoms with van der Waals surface area (Å²) < 4.78 is 0. The second kappa shape index (κ2) is 7.62. The van der Waals surface area contributed by atoms with Gasteiger partial charge in [0.15, 0.2) is 0 Å². The molecule has 0 saturated carbocycles. The molecule has 0 radical (unpaired) electrons. The first-order chi connectivity index (χ1) is 10.1. The Morgan fingerprint density at radius 1 is 1.19 bits per heavy atom. The van der Waals surface area contributed by atoms with Crippen molar-refractivity contribution < 1.29 is 0 Å². The highest BCUT2D eigenvalue weighted by Crippen LogP contribution is 2.25. The zero-order valence-corrected chi connectivity index (χ0v) is 14.3. The van der Waals surface area contributed by atoms with Crippen LogP contribution in [0.5, 0.6) is 0 Å². The van der Waals surface area contributed by atoms with Crippen molar-refractivity contribution in [1.82, 2.24) is 5.32 Å². The lowest BCUT2D eigenvalue weighted by Gasteiger charge is -2.23. The van der Waals surface area contributed by atoms with Gasteiger partial charge >= 0.3 is 0 Å². The van der Waals surface area contributed by atoms with Crippen LogP contribution in [0.25, 0.3) is 0 Å². The third kappa shape index (κ3) is 4.58. The second-order valence-electron chi connectivity index (χ2n) is 5.68. The Morgan fingerprint density at radius 3 is 2.52 bits per heavy atom. The lowest BCUT2D eigenvalue weighted by molar-refractivity contribution is 0.593. The number of benzene rings is 1. The van der Waals surface area contributed by atoms with E-state index in [4.69, 9.17) is 0 Å². The summed E-state index contributed by atoms with van der Waals surface area (Å²) in [4.78, 5) is 5.29. The maximum Gasteiger partial charge on any atom is 0.0440 e. The number of rotatable bonds is 7. The number of nitrogens with zero attached hydrogens (tertiary/aromatic N) is 1. The summed E-state index contributed by atoms with van der Waals surface area (Å²) in [5.74, 6) is 0. The van der Waals surface area contributed by atoms with Crippen LogP contribution in [-0.4, -0.2) is 12.6 Å². The van der Waals surface area contributed by atoms with Gasteiger partial charge in [0.25, 0.3) is 0 Å². The minimum absolute atomic E-state index is 0.535. The van der Waals surface area contributed by atoms with Gasteiger partial charge in [-0.15, -0.1) is 11.3 Å². The Hall–Kier alpha value is -1.32. The van der Waals surface area contributed by atoms with Gasteiger partial charge in [-0.1, -0.05) is 32.0 Å². The monoisotopic (exact) mass is 302 g/mol. The smallest absolute Gasteiger partial charge is 0.0440 e. The van der Waals surface area contributed by atoms with Gasteiger partial charge in [0.05, 0.1) is 0 Å². The summed E-state index contributed by atoms with van der Waals surface area (Å²) in [6, 6.07) is 13.6. The van der Waals surface area contributed by atoms with Crippen molar-refractivity contribution in [3.05, 3.63) is 51.7 Å². The summed E-state index contributed by atoms with van der Waals surface area (Å²) in [6.45, 7) is 11.8. The third-order valence-corrected chi connectivity index (χ3v) is 4.71. The van der Waals surface area contributed by atoms with E-state index in [-0.39, 0.29) is 0 Å². The van der Waals surface area contributed by atoms with E-state index in [0.29, 0.717) is 6.04 Å². The maximum atomic E-state index is 3.50. The number of hydrogen-bond acceptors (Lipinski definition) is 3. The molecular formula is C18H26N2S. The first-order valence-electron chi connectivity index (χ1n) is 7.71. The largest absolute Gasteiger partial charge is 0.367 e. The third-order valence-electron chi connectivity index (χ3n) is 3.62. The molecule has 2 rings (SSSR count). The van der Waals surface area contributed by atoms with Crippen molar-refractivity contribution >= 4 is 17.0 Å². The van der Waals surface area contributed by atoms with Crippen LogP contribution in [0.4, 0.5) is 5.69 Å². The van der Waals surface area contributed by atoms with E-state index in [1.165, 1.54) is 21.0 Å². The quantitative estimate of drug-likeness (QED) is 0.805. The van der Waals surface area contributed by atoms with E-state index in [9.17, 15) is 0 Å². The summed E-state index contributed by atoms with van der Waals surface area (Å²) in [6.07, 6.45) is 0. The molecule has 2 aromatic rings. The highest BCUT2D eigenvalue weighted by molar-refractivity contribution is 7.12. The minimum atomic E-state index is 0.535. The van der Waals surface area contributed by atoms with Crippen LogP contribution in [0, 0.1) is 6.92 Å². The van der Waals surface area contributed by atoms with Gasteiger partial charge in [0.1, 0.15) is 0 Å². The van der Waals surface area contributed by atoms with E-state index < -0.39 is 0 Å². The molecule has 0 atom stereocenters. The zero-order valence-electron chi connectivity index (χ0n) is 13.5. The van der Waals surface area contributed by atoms with E-state index in [0.717, 1.165) is 19.6 Å². The Labute approximate surface area is 132 Å². The molecule has 0 aliphatic rings. The summed E-state index contributed by atoms with van der Waals surface area (Å²) in [5.41, 5.74) is 2.75. The van der Waals surface area contributed by atoms with Crippen molar-refractivity contribution in [1.29, 1.82) is 0 Å². The highest BCUT2D eigenvalue weighted by Gasteiger charge is 2.10. The standard InChI is InChI=1S/C18H26N2S/c1-5-20(17-9-7-6-8-10-17)13-16-11-18(21-15(16)4)12-19-14(2)3/h6-11,14,19H,5,12-13H2,1-4H3. The molecule has 0 saturated heterocycles. The number of aryl methyl sites for hydroxylation is 1. The molecule has 0 amide bonds. The molecule has 1 aromatic heterocycles. The predicted molar refractivity (Wildman–Crippen MR) is 94.2 cm³/mol. The van der Waals surface area contributed by atoms with Gasteiger partial charge in [-0.2, -0.15) is 0 Å². The van der Waals surface area contributed by atoms with E-state index >= 15 is 0 Å². The number of hydrogen-bond donors (Lipinski definition) is 1. The molecule has 0 unspecified atom stereocenters. The fourth-order valence-electron chi connectivity index (χ4n) is 2.37. The molecule has 0 aliphatic heterocycles. The van der Waals surface area contributed by atoms with Crippen molar-refractivity contribution in [3.63, 3.8) is 0 Å². The molecule has 0 bridgehead atoms. The van der Waals surface area contributed by atoms with E-state index in [2.05, 4.69) is 74.3 Å². The number of thiophene rings is 1. The van der Waals surface area contributed by atoms with Crippen LogP contribution in [0.2, 0.25) is 0 Å². The molecule has 2 nitrogen and oxygen atoms in total. The average Bonchev–Trinajstić information content (AvgIpc) is 2.83. The first-order valence-corrected chi connectivity index (χ1v) is 8.53. The van der Waals surface area contributed by atoms with Crippen LogP contribution >= 0.6 is 11.3 Å². The van der Waals surface area contributed by atoms with Crippen molar-refractivity contribution in [2.45, 2.75) is 46.8 Å². The van der Waals surface area contributed by atoms with Gasteiger partial charge in [0, 0.05) is 41.1 Å². The maximum absolute atomic E-state index is 3.50. The number of para-hydroxylation sites is 1. The van der Waals surface area contributed by atoms with Crippen molar-refractivity contribution in [3.8, 4) is 0 Å². The topological polar surface area (TPSA) is 15.3 Å². The summed E-state index contributed by atoms with van der Waals surface area (Å²) in [5, 5.41) is 3.50. The van der Waals surface area contributed by atoms with Crippen LogP contribution < -0.4 is 10.2 Å². The van der Waals surface area contributed by atoms with E-state index in [1.807, 2.05) is 11.3 Å². The predicted octanol–water partition coefficient (Wildman–Crippen LogP) is 4.58. The lowest BCUT2D eigenvalue weighted by atomic mass is 10.2. The Kier molecular flexibility index (Phi) is 5.83. The Morgan fingerprint density at radius 2 is 1.90 bits per heavy atom. The normalized spacial score (nSPS) is 11.1. The van der Waals surface area contributed by atoms with Crippen LogP contribution in [0.3, 0.4) is 0 Å². The van der Waals surface area contributed by atoms with Gasteiger partial charge in [0.2, 0.25) is 0 Å². The Bertz CT molecular complexity index is 546. The summed E-state index contributed by atoms with van der Waals surface area (Å²) in [7, 11) is 0. The molecule has 21 heavy (non-hydrogen) atoms. The van der Waals surface area contributed by atoms with Gasteiger partial charge in [-0.05, 0) is 37.6 Å². The summed E-state index contributed by atoms with van der Waals surface area (Å²) >= 11 is 1.91. The van der Waals surface area contributed by atoms with Crippen LogP contribution in [-0.2, 0) is 13.1 Å². The molecule has 1 heterocycles. The second-order valence-corrected chi connectivity index (χ2v) is 7.02. The highest BCUT2D eigenvalue weighted by atomic mass is 32.1. The molecule has 1 N–H and O–H groups in total. The Balaban J connectivity index is 2.07. The fourth-order valence-corrected chi connectivity index (χ4v) is 3.37. The SMILES string of the molecule is CCN(Cc1cc(CNC(C)C)sc1C)c1ccccc1. The van der Waals surface area contributed by atoms with E-state index in [1.54, 1.807) is 0 Å². The molecule has 1 aromatic carbocycles. The van der Waals surface area contributed by atoms with Crippen molar-refractivity contribution in [2.75, 3.05) is 11.4 Å². The molecule has 0 aliphatic carbocycles. The molecule has 3 heteroatoms. The van der Waals surface area contributed by atoms with Crippen molar-refractivity contribution in [2.24, 2.45) is 0 Å². The lowest BCUT2D eigenvalue weighted by Crippen LogP contribution is -2.22. The molecular weight excluding hydrogens is 276 g/mol. The van der Waals surface area contributed by atoms with Crippen LogP contribution in [0.15, 0.2) is 36.4 Å². The molecule has 114 valence electrons. The van der Waals surface area contributed by atoms with Gasteiger partial charge in [-0.3, -0.25) is 0 Å². The average molecular weight is 302 g/mol. The van der Waals surface area contributed by atoms with Gasteiger partial charge in [-0.25, -0.2) is 0 Å². The number of nitrogens with one attached hydrogen (secondary N) is 1. The number of anilines is 1. The zero-order chi connectivity index (χ0) is 15.2. The molecule has 0 spiro atoms.